The van der Waals surface area contributed by atoms with E-state index in [1.165, 1.54) is 25.3 Å². The topological polar surface area (TPSA) is 62.2 Å². The molecule has 4 nitrogen and oxygen atoms in total. The van der Waals surface area contributed by atoms with Gasteiger partial charge >= 0.3 is 5.97 Å². The van der Waals surface area contributed by atoms with Crippen molar-refractivity contribution in [3.63, 3.8) is 0 Å². The summed E-state index contributed by atoms with van der Waals surface area (Å²) in [6.07, 6.45) is 1.17. The van der Waals surface area contributed by atoms with Crippen molar-refractivity contribution in [1.29, 1.82) is 0 Å². The van der Waals surface area contributed by atoms with Gasteiger partial charge in [-0.15, -0.1) is 0 Å². The average molecular weight is 264 g/mol. The molecule has 0 atom stereocenters. The van der Waals surface area contributed by atoms with Crippen LogP contribution in [-0.4, -0.2) is 16.1 Å². The summed E-state index contributed by atoms with van der Waals surface area (Å²) >= 11 is 0. The number of anilines is 2. The summed E-state index contributed by atoms with van der Waals surface area (Å²) in [4.78, 5) is 14.5. The molecule has 0 aliphatic heterocycles. The Morgan fingerprint density at radius 2 is 2.05 bits per heavy atom. The number of carboxylic acid groups (broad SMARTS) is 1. The predicted octanol–water partition coefficient (Wildman–Crippen LogP) is 3.11. The second-order valence-corrected chi connectivity index (χ2v) is 3.86. The minimum atomic E-state index is -1.39. The van der Waals surface area contributed by atoms with Crippen LogP contribution in [0.15, 0.2) is 30.5 Å². The number of carboxylic acids is 1. The predicted molar refractivity (Wildman–Crippen MR) is 65.6 cm³/mol. The quantitative estimate of drug-likeness (QED) is 0.894. The number of halogens is 2. The van der Waals surface area contributed by atoms with Crippen LogP contribution in [0.3, 0.4) is 0 Å². The first kappa shape index (κ1) is 12.9. The van der Waals surface area contributed by atoms with Crippen LogP contribution in [0.4, 0.5) is 20.3 Å². The SMILES string of the molecule is Cc1c(F)cccc1Nc1nccc(C(=O)O)c1F. The van der Waals surface area contributed by atoms with Crippen LogP contribution in [-0.2, 0) is 0 Å². The van der Waals surface area contributed by atoms with E-state index in [0.29, 0.717) is 11.3 Å². The summed E-state index contributed by atoms with van der Waals surface area (Å²) in [5.74, 6) is -3.08. The largest absolute Gasteiger partial charge is 0.478 e. The molecule has 0 radical (unpaired) electrons. The van der Waals surface area contributed by atoms with Gasteiger partial charge in [0.1, 0.15) is 11.4 Å². The van der Waals surface area contributed by atoms with Crippen molar-refractivity contribution >= 4 is 17.5 Å². The number of benzene rings is 1. The summed E-state index contributed by atoms with van der Waals surface area (Å²) in [6, 6.07) is 5.34. The fourth-order valence-corrected chi connectivity index (χ4v) is 1.57. The highest BCUT2D eigenvalue weighted by molar-refractivity contribution is 5.89. The number of rotatable bonds is 3. The summed E-state index contributed by atoms with van der Waals surface area (Å²) < 4.78 is 27.2. The van der Waals surface area contributed by atoms with E-state index in [2.05, 4.69) is 10.3 Å². The Labute approximate surface area is 107 Å². The smallest absolute Gasteiger partial charge is 0.338 e. The molecule has 0 aliphatic rings. The minimum Gasteiger partial charge on any atom is -0.478 e. The molecule has 19 heavy (non-hydrogen) atoms. The molecule has 1 heterocycles. The summed E-state index contributed by atoms with van der Waals surface area (Å²) in [5, 5.41) is 11.4. The second-order valence-electron chi connectivity index (χ2n) is 3.86. The van der Waals surface area contributed by atoms with Crippen LogP contribution in [0, 0.1) is 18.6 Å². The van der Waals surface area contributed by atoms with Crippen molar-refractivity contribution < 1.29 is 18.7 Å². The second kappa shape index (κ2) is 5.01. The van der Waals surface area contributed by atoms with Gasteiger partial charge in [0.05, 0.1) is 0 Å². The molecule has 2 N–H and O–H groups in total. The zero-order chi connectivity index (χ0) is 14.0. The summed E-state index contributed by atoms with van der Waals surface area (Å²) in [6.45, 7) is 1.52. The average Bonchev–Trinajstić information content (AvgIpc) is 2.37. The summed E-state index contributed by atoms with van der Waals surface area (Å²) in [7, 11) is 0. The number of nitrogens with one attached hydrogen (secondary N) is 1. The van der Waals surface area contributed by atoms with E-state index in [9.17, 15) is 13.6 Å². The van der Waals surface area contributed by atoms with Gasteiger partial charge in [0, 0.05) is 17.4 Å². The lowest BCUT2D eigenvalue weighted by Gasteiger charge is -2.10. The van der Waals surface area contributed by atoms with Crippen LogP contribution in [0.1, 0.15) is 15.9 Å². The Bertz CT molecular complexity index is 645. The molecule has 0 saturated heterocycles. The van der Waals surface area contributed by atoms with Gasteiger partial charge in [0.15, 0.2) is 11.6 Å². The fraction of sp³-hybridized carbons (Fsp3) is 0.0769. The molecule has 0 fully saturated rings. The molecule has 98 valence electrons. The Balaban J connectivity index is 2.42. The van der Waals surface area contributed by atoms with E-state index in [1.54, 1.807) is 6.07 Å². The van der Waals surface area contributed by atoms with Crippen LogP contribution >= 0.6 is 0 Å². The zero-order valence-corrected chi connectivity index (χ0v) is 9.95. The molecule has 0 bridgehead atoms. The lowest BCUT2D eigenvalue weighted by Crippen LogP contribution is -2.06. The molecule has 6 heteroatoms. The lowest BCUT2D eigenvalue weighted by molar-refractivity contribution is 0.0692. The Morgan fingerprint density at radius 3 is 2.74 bits per heavy atom. The number of aromatic nitrogens is 1. The standard InChI is InChI=1S/C13H10F2N2O2/c1-7-9(14)3-2-4-10(7)17-12-11(15)8(13(18)19)5-6-16-12/h2-6H,1H3,(H,16,17)(H,18,19). The highest BCUT2D eigenvalue weighted by atomic mass is 19.1. The molecule has 0 spiro atoms. The van der Waals surface area contributed by atoms with Gasteiger partial charge in [-0.1, -0.05) is 6.07 Å². The molecule has 0 aliphatic carbocycles. The van der Waals surface area contributed by atoms with Crippen molar-refractivity contribution in [2.75, 3.05) is 5.32 Å². The number of hydrogen-bond acceptors (Lipinski definition) is 3. The highest BCUT2D eigenvalue weighted by Gasteiger charge is 2.16. The van der Waals surface area contributed by atoms with Crippen LogP contribution < -0.4 is 5.32 Å². The third-order valence-corrected chi connectivity index (χ3v) is 2.64. The molecule has 0 amide bonds. The molecule has 0 saturated carbocycles. The van der Waals surface area contributed by atoms with Crippen LogP contribution in [0.25, 0.3) is 0 Å². The Hall–Kier alpha value is -2.50. The number of nitrogens with zero attached hydrogens (tertiary/aromatic N) is 1. The van der Waals surface area contributed by atoms with Crippen molar-refractivity contribution in [3.05, 3.63) is 53.2 Å². The minimum absolute atomic E-state index is 0.256. The summed E-state index contributed by atoms with van der Waals surface area (Å²) in [5.41, 5.74) is 0.130. The van der Waals surface area contributed by atoms with E-state index in [-0.39, 0.29) is 5.82 Å². The maximum atomic E-state index is 13.8. The zero-order valence-electron chi connectivity index (χ0n) is 9.95. The first-order valence-corrected chi connectivity index (χ1v) is 5.40. The maximum Gasteiger partial charge on any atom is 0.338 e. The molecule has 2 rings (SSSR count). The van der Waals surface area contributed by atoms with E-state index >= 15 is 0 Å². The van der Waals surface area contributed by atoms with E-state index < -0.39 is 23.2 Å². The van der Waals surface area contributed by atoms with Gasteiger partial charge in [-0.2, -0.15) is 0 Å². The Kier molecular flexibility index (Phi) is 3.41. The molecule has 1 aromatic heterocycles. The number of pyridine rings is 1. The first-order chi connectivity index (χ1) is 9.00. The third-order valence-electron chi connectivity index (χ3n) is 2.64. The van der Waals surface area contributed by atoms with E-state index in [0.717, 1.165) is 6.07 Å². The van der Waals surface area contributed by atoms with Gasteiger partial charge < -0.3 is 10.4 Å². The van der Waals surface area contributed by atoms with Crippen molar-refractivity contribution in [2.45, 2.75) is 6.92 Å². The maximum absolute atomic E-state index is 13.8. The van der Waals surface area contributed by atoms with Gasteiger partial charge in [-0.05, 0) is 25.1 Å². The molecule has 0 unspecified atom stereocenters. The third kappa shape index (κ3) is 2.52. The highest BCUT2D eigenvalue weighted by Crippen LogP contribution is 2.24. The lowest BCUT2D eigenvalue weighted by atomic mass is 10.2. The van der Waals surface area contributed by atoms with Crippen LogP contribution in [0.5, 0.6) is 0 Å². The molecular formula is C13H10F2N2O2. The van der Waals surface area contributed by atoms with Crippen molar-refractivity contribution in [2.24, 2.45) is 0 Å². The van der Waals surface area contributed by atoms with Gasteiger partial charge in [-0.25, -0.2) is 18.6 Å². The van der Waals surface area contributed by atoms with Gasteiger partial charge in [0.2, 0.25) is 0 Å². The number of aromatic carboxylic acids is 1. The van der Waals surface area contributed by atoms with E-state index in [4.69, 9.17) is 5.11 Å². The monoisotopic (exact) mass is 264 g/mol. The van der Waals surface area contributed by atoms with Crippen molar-refractivity contribution in [1.82, 2.24) is 4.98 Å². The van der Waals surface area contributed by atoms with Crippen molar-refractivity contribution in [3.8, 4) is 0 Å². The molecular weight excluding hydrogens is 254 g/mol. The van der Waals surface area contributed by atoms with Gasteiger partial charge in [-0.3, -0.25) is 0 Å². The molecule has 2 aromatic rings. The van der Waals surface area contributed by atoms with E-state index in [1.807, 2.05) is 0 Å². The fourth-order valence-electron chi connectivity index (χ4n) is 1.57. The number of carbonyl (C=O) groups is 1. The first-order valence-electron chi connectivity index (χ1n) is 5.40. The Morgan fingerprint density at radius 1 is 1.32 bits per heavy atom. The van der Waals surface area contributed by atoms with Gasteiger partial charge in [0.25, 0.3) is 0 Å². The number of hydrogen-bond donors (Lipinski definition) is 2. The molecule has 1 aromatic carbocycles. The normalized spacial score (nSPS) is 10.3. The van der Waals surface area contributed by atoms with Crippen LogP contribution in [0.2, 0.25) is 0 Å².